The number of aliphatic hydroxyl groups is 1. The van der Waals surface area contributed by atoms with Crippen molar-refractivity contribution >= 4 is 18.0 Å². The molecule has 5 atom stereocenters. The number of hydrogen-bond acceptors (Lipinski definition) is 6. The Bertz CT molecular complexity index is 1020. The molecule has 0 unspecified atom stereocenters. The number of hydroxylamine groups is 2. The summed E-state index contributed by atoms with van der Waals surface area (Å²) in [4.78, 5) is 40.6. The monoisotopic (exact) mass is 541 g/mol. The van der Waals surface area contributed by atoms with Crippen LogP contribution in [0.3, 0.4) is 0 Å². The van der Waals surface area contributed by atoms with E-state index in [-0.39, 0.29) is 18.9 Å². The number of nitrogens with zero attached hydrogens (tertiary/aromatic N) is 1. The van der Waals surface area contributed by atoms with Crippen LogP contribution in [0, 0.1) is 23.2 Å². The highest BCUT2D eigenvalue weighted by Crippen LogP contribution is 2.60. The third-order valence-electron chi connectivity index (χ3n) is 9.78. The van der Waals surface area contributed by atoms with Gasteiger partial charge in [-0.15, -0.1) is 0 Å². The van der Waals surface area contributed by atoms with Crippen molar-refractivity contribution < 1.29 is 29.1 Å². The van der Waals surface area contributed by atoms with Crippen molar-refractivity contribution in [1.82, 2.24) is 5.06 Å². The minimum Gasteiger partial charge on any atom is -0.429 e. The molecule has 0 bridgehead atoms. The van der Waals surface area contributed by atoms with Crippen LogP contribution in [0.2, 0.25) is 0 Å². The molecule has 4 rings (SSSR count). The van der Waals surface area contributed by atoms with Gasteiger partial charge in [-0.3, -0.25) is 14.4 Å². The quantitative estimate of drug-likeness (QED) is 0.264. The Hall–Kier alpha value is -2.41. The van der Waals surface area contributed by atoms with Gasteiger partial charge in [0.2, 0.25) is 0 Å². The molecule has 1 N–H and O–H groups in total. The lowest BCUT2D eigenvalue weighted by molar-refractivity contribution is -0.178. The van der Waals surface area contributed by atoms with Gasteiger partial charge in [-0.1, -0.05) is 61.6 Å². The standard InChI is InChI=1S/C32H47NO6/c1-21-10-13-25(38-30(36)39-33-28(34)16-17-29(33)35)20-24(21)12-11-23-9-7-19-32(5)26(14-15-27(23)32)22(2)8-6-18-31(3,4)37/h11-12,22,25-27,37H,1,6-10,13-20H2,2-5H3/b23-11+,24-12-/t22-,25+,26-,27+,32-/m1/s1. The fourth-order valence-corrected chi connectivity index (χ4v) is 7.64. The molecule has 0 spiro atoms. The van der Waals surface area contributed by atoms with Crippen molar-refractivity contribution in [2.75, 3.05) is 0 Å². The first kappa shape index (κ1) is 29.6. The zero-order chi connectivity index (χ0) is 28.4. The van der Waals surface area contributed by atoms with Gasteiger partial charge in [0, 0.05) is 19.3 Å². The molecule has 4 aliphatic rings. The maximum Gasteiger partial charge on any atom is 0.534 e. The molecule has 7 heteroatoms. The van der Waals surface area contributed by atoms with Crippen LogP contribution in [0.5, 0.6) is 0 Å². The average molecular weight is 542 g/mol. The second kappa shape index (κ2) is 12.0. The van der Waals surface area contributed by atoms with E-state index in [1.807, 2.05) is 13.8 Å². The molecule has 7 nitrogen and oxygen atoms in total. The maximum absolute atomic E-state index is 12.3. The lowest BCUT2D eigenvalue weighted by Crippen LogP contribution is -2.36. The molecule has 0 aromatic rings. The number of ether oxygens (including phenoxy) is 1. The largest absolute Gasteiger partial charge is 0.534 e. The minimum atomic E-state index is -1.01. The van der Waals surface area contributed by atoms with Gasteiger partial charge in [0.1, 0.15) is 6.10 Å². The molecule has 0 aromatic carbocycles. The van der Waals surface area contributed by atoms with Gasteiger partial charge in [-0.25, -0.2) is 4.79 Å². The highest BCUT2D eigenvalue weighted by molar-refractivity contribution is 6.01. The molecule has 39 heavy (non-hydrogen) atoms. The molecule has 1 saturated heterocycles. The van der Waals surface area contributed by atoms with Crippen molar-refractivity contribution in [3.05, 3.63) is 35.5 Å². The number of carbonyl (C=O) groups is 3. The molecule has 3 saturated carbocycles. The van der Waals surface area contributed by atoms with E-state index >= 15 is 0 Å². The van der Waals surface area contributed by atoms with E-state index in [1.54, 1.807) is 0 Å². The Morgan fingerprint density at radius 3 is 2.56 bits per heavy atom. The highest BCUT2D eigenvalue weighted by Gasteiger charge is 2.50. The van der Waals surface area contributed by atoms with Crippen molar-refractivity contribution in [3.8, 4) is 0 Å². The van der Waals surface area contributed by atoms with Crippen LogP contribution in [0.4, 0.5) is 4.79 Å². The van der Waals surface area contributed by atoms with Gasteiger partial charge in [-0.05, 0) is 94.0 Å². The Labute approximate surface area is 233 Å². The van der Waals surface area contributed by atoms with E-state index in [2.05, 4.69) is 32.6 Å². The summed E-state index contributed by atoms with van der Waals surface area (Å²) in [7, 11) is 0. The fraction of sp³-hybridized carbons (Fsp3) is 0.719. The van der Waals surface area contributed by atoms with Crippen LogP contribution in [0.1, 0.15) is 111 Å². The maximum atomic E-state index is 12.3. The van der Waals surface area contributed by atoms with Crippen LogP contribution in [-0.4, -0.2) is 39.8 Å². The van der Waals surface area contributed by atoms with Gasteiger partial charge in [0.05, 0.1) is 5.60 Å². The second-order valence-corrected chi connectivity index (χ2v) is 13.2. The predicted octanol–water partition coefficient (Wildman–Crippen LogP) is 6.96. The van der Waals surface area contributed by atoms with Crippen molar-refractivity contribution in [1.29, 1.82) is 0 Å². The molecular weight excluding hydrogens is 494 g/mol. The number of fused-ring (bicyclic) bond motifs is 1. The molecule has 3 aliphatic carbocycles. The predicted molar refractivity (Wildman–Crippen MR) is 149 cm³/mol. The Kier molecular flexibility index (Phi) is 9.09. The number of rotatable bonds is 8. The number of carbonyl (C=O) groups excluding carboxylic acids is 3. The molecule has 0 aromatic heterocycles. The molecular formula is C32H47NO6. The van der Waals surface area contributed by atoms with Gasteiger partial charge in [-0.2, -0.15) is 0 Å². The van der Waals surface area contributed by atoms with E-state index in [9.17, 15) is 19.5 Å². The van der Waals surface area contributed by atoms with Crippen LogP contribution in [-0.2, 0) is 19.2 Å². The first-order valence-corrected chi connectivity index (χ1v) is 14.9. The lowest BCUT2D eigenvalue weighted by atomic mass is 9.60. The van der Waals surface area contributed by atoms with Crippen LogP contribution < -0.4 is 0 Å². The van der Waals surface area contributed by atoms with Crippen molar-refractivity contribution in [2.45, 2.75) is 123 Å². The van der Waals surface area contributed by atoms with Crippen molar-refractivity contribution in [3.63, 3.8) is 0 Å². The van der Waals surface area contributed by atoms with E-state index in [1.165, 1.54) is 37.7 Å². The zero-order valence-electron chi connectivity index (χ0n) is 24.3. The van der Waals surface area contributed by atoms with Gasteiger partial charge in [0.15, 0.2) is 0 Å². The summed E-state index contributed by atoms with van der Waals surface area (Å²) in [5, 5.41) is 10.6. The smallest absolute Gasteiger partial charge is 0.429 e. The van der Waals surface area contributed by atoms with E-state index in [4.69, 9.17) is 9.57 Å². The summed E-state index contributed by atoms with van der Waals surface area (Å²) in [6, 6.07) is 0. The summed E-state index contributed by atoms with van der Waals surface area (Å²) >= 11 is 0. The Balaban J connectivity index is 1.37. The summed E-state index contributed by atoms with van der Waals surface area (Å²) in [5.74, 6) is 0.932. The highest BCUT2D eigenvalue weighted by atomic mass is 16.8. The lowest BCUT2D eigenvalue weighted by Gasteiger charge is -2.44. The molecule has 216 valence electrons. The molecule has 1 aliphatic heterocycles. The average Bonchev–Trinajstić information content (AvgIpc) is 3.37. The number of imide groups is 1. The Morgan fingerprint density at radius 2 is 1.87 bits per heavy atom. The molecule has 2 amide bonds. The minimum absolute atomic E-state index is 0.0542. The zero-order valence-corrected chi connectivity index (χ0v) is 24.3. The van der Waals surface area contributed by atoms with Crippen LogP contribution in [0.25, 0.3) is 0 Å². The third-order valence-corrected chi connectivity index (χ3v) is 9.78. The van der Waals surface area contributed by atoms with Crippen LogP contribution in [0.15, 0.2) is 35.5 Å². The van der Waals surface area contributed by atoms with Gasteiger partial charge < -0.3 is 9.84 Å². The first-order chi connectivity index (χ1) is 18.4. The molecule has 4 fully saturated rings. The molecule has 0 radical (unpaired) electrons. The van der Waals surface area contributed by atoms with E-state index in [0.29, 0.717) is 41.1 Å². The summed E-state index contributed by atoms with van der Waals surface area (Å²) in [5.41, 5.74) is 3.41. The van der Waals surface area contributed by atoms with E-state index < -0.39 is 23.6 Å². The SMILES string of the molecule is C=C1CC[C@H](OC(=O)ON2C(=O)CCC2=O)C/C1=C/C=C1\CCC[C@]2(C)[C@@H]([C@H](C)CCCC(C)(C)O)CC[C@@H]12. The van der Waals surface area contributed by atoms with Gasteiger partial charge in [0.25, 0.3) is 11.8 Å². The van der Waals surface area contributed by atoms with E-state index in [0.717, 1.165) is 36.8 Å². The summed E-state index contributed by atoms with van der Waals surface area (Å²) in [6.45, 7) is 13.0. The summed E-state index contributed by atoms with van der Waals surface area (Å²) < 4.78 is 5.47. The Morgan fingerprint density at radius 1 is 1.15 bits per heavy atom. The fourth-order valence-electron chi connectivity index (χ4n) is 7.64. The number of amides is 2. The topological polar surface area (TPSA) is 93.1 Å². The molecule has 1 heterocycles. The number of hydrogen-bond donors (Lipinski definition) is 1. The third kappa shape index (κ3) is 7.03. The second-order valence-electron chi connectivity index (χ2n) is 13.2. The normalized spacial score (nSPS) is 32.6. The number of allylic oxidation sites excluding steroid dienone is 4. The van der Waals surface area contributed by atoms with Crippen molar-refractivity contribution in [2.24, 2.45) is 23.2 Å². The van der Waals surface area contributed by atoms with Gasteiger partial charge >= 0.3 is 6.16 Å². The summed E-state index contributed by atoms with van der Waals surface area (Å²) in [6.07, 6.45) is 14.3. The van der Waals surface area contributed by atoms with Crippen LogP contribution >= 0.6 is 0 Å². The first-order valence-electron chi connectivity index (χ1n) is 14.9.